The molecule has 25 heavy (non-hydrogen) atoms. The third-order valence-corrected chi connectivity index (χ3v) is 3.56. The van der Waals surface area contributed by atoms with Crippen LogP contribution in [-0.2, 0) is 0 Å². The zero-order chi connectivity index (χ0) is 17.8. The van der Waals surface area contributed by atoms with E-state index in [2.05, 4.69) is 15.5 Å². The predicted molar refractivity (Wildman–Crippen MR) is 92.0 cm³/mol. The number of carbonyl (C=O) groups is 1. The first-order valence-corrected chi connectivity index (χ1v) is 7.54. The summed E-state index contributed by atoms with van der Waals surface area (Å²) < 4.78 is 16.0. The van der Waals surface area contributed by atoms with Gasteiger partial charge in [0, 0.05) is 11.6 Å². The number of benzene rings is 2. The molecule has 0 saturated carbocycles. The Labute approximate surface area is 144 Å². The topological polar surface area (TPSA) is 86.5 Å². The first-order valence-electron chi connectivity index (χ1n) is 7.54. The van der Waals surface area contributed by atoms with Crippen LogP contribution in [0.1, 0.15) is 15.9 Å². The lowest BCUT2D eigenvalue weighted by molar-refractivity contribution is 0.102. The summed E-state index contributed by atoms with van der Waals surface area (Å²) in [6.45, 7) is 1.91. The minimum atomic E-state index is -0.319. The Hall–Kier alpha value is -3.35. The Morgan fingerprint density at radius 3 is 2.64 bits per heavy atom. The first-order chi connectivity index (χ1) is 12.1. The van der Waals surface area contributed by atoms with Gasteiger partial charge in [-0.15, -0.1) is 5.10 Å². The number of carbonyl (C=O) groups excluding carboxylic acids is 1. The van der Waals surface area contributed by atoms with Crippen LogP contribution in [0.15, 0.2) is 46.9 Å². The Bertz CT molecular complexity index is 905. The molecule has 1 amide bonds. The fraction of sp³-hybridized carbons (Fsp3) is 0.167. The average molecular weight is 339 g/mol. The average Bonchev–Trinajstić information content (AvgIpc) is 3.09. The van der Waals surface area contributed by atoms with E-state index >= 15 is 0 Å². The quantitative estimate of drug-likeness (QED) is 0.767. The SMILES string of the molecule is COc1ccc(-c2nnc(NC(=O)c3cccc(C)c3)o2)c(OC)c1. The molecular formula is C18H17N3O4. The molecule has 7 heteroatoms. The van der Waals surface area contributed by atoms with Crippen molar-refractivity contribution in [3.63, 3.8) is 0 Å². The van der Waals surface area contributed by atoms with Crippen LogP contribution in [0.3, 0.4) is 0 Å². The molecule has 1 N–H and O–H groups in total. The Kier molecular flexibility index (Phi) is 4.65. The van der Waals surface area contributed by atoms with E-state index in [1.54, 1.807) is 37.4 Å². The maximum absolute atomic E-state index is 12.2. The van der Waals surface area contributed by atoms with Gasteiger partial charge in [-0.1, -0.05) is 22.8 Å². The van der Waals surface area contributed by atoms with E-state index in [1.165, 1.54) is 7.11 Å². The fourth-order valence-electron chi connectivity index (χ4n) is 2.31. The molecule has 1 heterocycles. The summed E-state index contributed by atoms with van der Waals surface area (Å²) in [7, 11) is 3.11. The molecule has 0 radical (unpaired) electrons. The smallest absolute Gasteiger partial charge is 0.322 e. The number of rotatable bonds is 5. The largest absolute Gasteiger partial charge is 0.497 e. The van der Waals surface area contributed by atoms with Crippen molar-refractivity contribution in [2.24, 2.45) is 0 Å². The minimum Gasteiger partial charge on any atom is -0.497 e. The molecule has 2 aromatic carbocycles. The van der Waals surface area contributed by atoms with Crippen LogP contribution in [0.5, 0.6) is 11.5 Å². The predicted octanol–water partition coefficient (Wildman–Crippen LogP) is 3.31. The molecule has 128 valence electrons. The van der Waals surface area contributed by atoms with Crippen LogP contribution in [0.25, 0.3) is 11.5 Å². The molecule has 0 aliphatic heterocycles. The van der Waals surface area contributed by atoms with Gasteiger partial charge in [0.2, 0.25) is 0 Å². The van der Waals surface area contributed by atoms with Crippen molar-refractivity contribution in [2.45, 2.75) is 6.92 Å². The maximum Gasteiger partial charge on any atom is 0.322 e. The highest BCUT2D eigenvalue weighted by Crippen LogP contribution is 2.33. The maximum atomic E-state index is 12.2. The van der Waals surface area contributed by atoms with Crippen LogP contribution in [0.4, 0.5) is 6.01 Å². The van der Waals surface area contributed by atoms with Crippen molar-refractivity contribution in [1.82, 2.24) is 10.2 Å². The van der Waals surface area contributed by atoms with Crippen molar-refractivity contribution in [1.29, 1.82) is 0 Å². The Morgan fingerprint density at radius 2 is 1.92 bits per heavy atom. The Morgan fingerprint density at radius 1 is 1.08 bits per heavy atom. The number of aromatic nitrogens is 2. The number of nitrogens with one attached hydrogen (secondary N) is 1. The van der Waals surface area contributed by atoms with Crippen LogP contribution in [0, 0.1) is 6.92 Å². The number of amides is 1. The van der Waals surface area contributed by atoms with Crippen LogP contribution in [0.2, 0.25) is 0 Å². The summed E-state index contributed by atoms with van der Waals surface area (Å²) in [5.41, 5.74) is 2.11. The van der Waals surface area contributed by atoms with Crippen molar-refractivity contribution < 1.29 is 18.7 Å². The summed E-state index contributed by atoms with van der Waals surface area (Å²) in [6.07, 6.45) is 0. The number of aryl methyl sites for hydroxylation is 1. The molecule has 0 spiro atoms. The molecule has 0 aliphatic carbocycles. The summed E-state index contributed by atoms with van der Waals surface area (Å²) in [4.78, 5) is 12.2. The van der Waals surface area contributed by atoms with Gasteiger partial charge in [0.05, 0.1) is 19.8 Å². The van der Waals surface area contributed by atoms with Gasteiger partial charge in [0.1, 0.15) is 11.5 Å². The number of methoxy groups -OCH3 is 2. The summed E-state index contributed by atoms with van der Waals surface area (Å²) in [5, 5.41) is 10.4. The van der Waals surface area contributed by atoms with Gasteiger partial charge in [-0.3, -0.25) is 10.1 Å². The van der Waals surface area contributed by atoms with Gasteiger partial charge in [-0.05, 0) is 31.2 Å². The molecule has 3 rings (SSSR count). The van der Waals surface area contributed by atoms with Gasteiger partial charge in [0.25, 0.3) is 11.8 Å². The van der Waals surface area contributed by atoms with E-state index in [1.807, 2.05) is 19.1 Å². The number of ether oxygens (including phenoxy) is 2. The van der Waals surface area contributed by atoms with E-state index in [0.717, 1.165) is 5.56 Å². The van der Waals surface area contributed by atoms with E-state index < -0.39 is 0 Å². The van der Waals surface area contributed by atoms with Crippen molar-refractivity contribution >= 4 is 11.9 Å². The molecule has 0 fully saturated rings. The first kappa shape index (κ1) is 16.5. The lowest BCUT2D eigenvalue weighted by Crippen LogP contribution is -2.12. The molecule has 7 nitrogen and oxygen atoms in total. The fourth-order valence-corrected chi connectivity index (χ4v) is 2.31. The van der Waals surface area contributed by atoms with E-state index in [-0.39, 0.29) is 17.8 Å². The summed E-state index contributed by atoms with van der Waals surface area (Å²) in [6, 6.07) is 12.4. The van der Waals surface area contributed by atoms with E-state index in [0.29, 0.717) is 22.6 Å². The summed E-state index contributed by atoms with van der Waals surface area (Å²) in [5.74, 6) is 1.09. The van der Waals surface area contributed by atoms with Gasteiger partial charge in [-0.25, -0.2) is 0 Å². The standard InChI is InChI=1S/C18H17N3O4/c1-11-5-4-6-12(9-11)16(22)19-18-21-20-17(25-18)14-8-7-13(23-2)10-15(14)24-3/h4-10H,1-3H3,(H,19,21,22). The third kappa shape index (κ3) is 3.60. The molecule has 3 aromatic rings. The molecule has 0 bridgehead atoms. The molecule has 0 aliphatic rings. The number of hydrogen-bond acceptors (Lipinski definition) is 6. The minimum absolute atomic E-state index is 0.0133. The van der Waals surface area contributed by atoms with E-state index in [9.17, 15) is 4.79 Å². The van der Waals surface area contributed by atoms with Crippen molar-refractivity contribution in [3.8, 4) is 23.0 Å². The number of nitrogens with zero attached hydrogens (tertiary/aromatic N) is 2. The lowest BCUT2D eigenvalue weighted by Gasteiger charge is -2.07. The highest BCUT2D eigenvalue weighted by Gasteiger charge is 2.16. The second-order valence-corrected chi connectivity index (χ2v) is 5.30. The van der Waals surface area contributed by atoms with Crippen molar-refractivity contribution in [2.75, 3.05) is 19.5 Å². The molecular weight excluding hydrogens is 322 g/mol. The second kappa shape index (κ2) is 7.04. The van der Waals surface area contributed by atoms with Gasteiger partial charge >= 0.3 is 6.01 Å². The number of anilines is 1. The van der Waals surface area contributed by atoms with Crippen LogP contribution < -0.4 is 14.8 Å². The zero-order valence-corrected chi connectivity index (χ0v) is 14.1. The Balaban J connectivity index is 1.82. The van der Waals surface area contributed by atoms with Gasteiger partial charge in [-0.2, -0.15) is 0 Å². The zero-order valence-electron chi connectivity index (χ0n) is 14.1. The normalized spacial score (nSPS) is 10.4. The molecule has 1 aromatic heterocycles. The summed E-state index contributed by atoms with van der Waals surface area (Å²) >= 11 is 0. The molecule has 0 saturated heterocycles. The van der Waals surface area contributed by atoms with Gasteiger partial charge in [0.15, 0.2) is 0 Å². The number of hydrogen-bond donors (Lipinski definition) is 1. The highest BCUT2D eigenvalue weighted by atomic mass is 16.5. The van der Waals surface area contributed by atoms with Gasteiger partial charge < -0.3 is 13.9 Å². The second-order valence-electron chi connectivity index (χ2n) is 5.30. The van der Waals surface area contributed by atoms with Crippen LogP contribution in [-0.4, -0.2) is 30.3 Å². The molecule has 0 unspecified atom stereocenters. The van der Waals surface area contributed by atoms with E-state index in [4.69, 9.17) is 13.9 Å². The van der Waals surface area contributed by atoms with Crippen LogP contribution >= 0.6 is 0 Å². The van der Waals surface area contributed by atoms with Crippen molar-refractivity contribution in [3.05, 3.63) is 53.6 Å². The lowest BCUT2D eigenvalue weighted by atomic mass is 10.1. The third-order valence-electron chi connectivity index (χ3n) is 3.56. The molecule has 0 atom stereocenters. The monoisotopic (exact) mass is 339 g/mol. The highest BCUT2D eigenvalue weighted by molar-refractivity contribution is 6.03.